The van der Waals surface area contributed by atoms with Gasteiger partial charge in [-0.3, -0.25) is 4.79 Å². The van der Waals surface area contributed by atoms with Crippen LogP contribution in [0.15, 0.2) is 54.6 Å². The number of benzene rings is 2. The van der Waals surface area contributed by atoms with Crippen molar-refractivity contribution >= 4 is 5.91 Å². The maximum absolute atomic E-state index is 12.1. The van der Waals surface area contributed by atoms with Gasteiger partial charge in [-0.05, 0) is 42.0 Å². The van der Waals surface area contributed by atoms with E-state index in [0.717, 1.165) is 17.7 Å². The molecule has 0 heterocycles. The van der Waals surface area contributed by atoms with Gasteiger partial charge in [-0.1, -0.05) is 62.2 Å². The third-order valence-corrected chi connectivity index (χ3v) is 4.79. The minimum absolute atomic E-state index is 0.0270. The van der Waals surface area contributed by atoms with Crippen LogP contribution >= 0.6 is 0 Å². The zero-order valence-corrected chi connectivity index (χ0v) is 14.2. The molecule has 0 aromatic heterocycles. The topological polar surface area (TPSA) is 38.3 Å². The van der Waals surface area contributed by atoms with Crippen LogP contribution in [-0.4, -0.2) is 18.6 Å². The van der Waals surface area contributed by atoms with Gasteiger partial charge >= 0.3 is 0 Å². The molecular weight excluding hydrogens is 298 g/mol. The standard InChI is InChI=1S/C21H25NO2/c1-16-7-5-6-10-20(16)22-21(23)15-24-19-13-11-18(12-14-19)17-8-3-2-4-9-17/h2-4,8-9,11-14,16,20H,5-7,10,15H2,1H3,(H,22,23)/t16-,20-/m0/s1. The summed E-state index contributed by atoms with van der Waals surface area (Å²) in [6, 6.07) is 18.4. The number of ether oxygens (including phenoxy) is 1. The van der Waals surface area contributed by atoms with Crippen LogP contribution < -0.4 is 10.1 Å². The molecule has 1 aliphatic carbocycles. The molecule has 3 nitrogen and oxygen atoms in total. The first-order valence-electron chi connectivity index (χ1n) is 8.80. The molecule has 126 valence electrons. The van der Waals surface area contributed by atoms with Crippen molar-refractivity contribution in [3.8, 4) is 16.9 Å². The molecule has 0 spiro atoms. The Hall–Kier alpha value is -2.29. The Bertz CT molecular complexity index is 651. The zero-order valence-electron chi connectivity index (χ0n) is 14.2. The predicted octanol–water partition coefficient (Wildman–Crippen LogP) is 4.43. The molecule has 3 rings (SSSR count). The predicted molar refractivity (Wildman–Crippen MR) is 96.9 cm³/mol. The Morgan fingerprint density at radius 3 is 2.38 bits per heavy atom. The lowest BCUT2D eigenvalue weighted by Gasteiger charge is -2.29. The minimum Gasteiger partial charge on any atom is -0.484 e. The summed E-state index contributed by atoms with van der Waals surface area (Å²) < 4.78 is 5.62. The fraction of sp³-hybridized carbons (Fsp3) is 0.381. The van der Waals surface area contributed by atoms with E-state index in [1.807, 2.05) is 42.5 Å². The fourth-order valence-corrected chi connectivity index (χ4v) is 3.30. The number of nitrogens with one attached hydrogen (secondary N) is 1. The molecule has 1 amide bonds. The molecule has 0 radical (unpaired) electrons. The van der Waals surface area contributed by atoms with Crippen molar-refractivity contribution in [3.05, 3.63) is 54.6 Å². The van der Waals surface area contributed by atoms with E-state index in [1.54, 1.807) is 0 Å². The van der Waals surface area contributed by atoms with Gasteiger partial charge in [0.1, 0.15) is 5.75 Å². The lowest BCUT2D eigenvalue weighted by molar-refractivity contribution is -0.124. The number of hydrogen-bond donors (Lipinski definition) is 1. The lowest BCUT2D eigenvalue weighted by atomic mass is 9.86. The van der Waals surface area contributed by atoms with Crippen molar-refractivity contribution in [1.82, 2.24) is 5.32 Å². The molecule has 2 aromatic rings. The van der Waals surface area contributed by atoms with Crippen LogP contribution in [0.2, 0.25) is 0 Å². The normalized spacial score (nSPS) is 20.4. The monoisotopic (exact) mass is 323 g/mol. The van der Waals surface area contributed by atoms with E-state index < -0.39 is 0 Å². The molecule has 1 fully saturated rings. The van der Waals surface area contributed by atoms with Crippen molar-refractivity contribution < 1.29 is 9.53 Å². The third-order valence-electron chi connectivity index (χ3n) is 4.79. The molecule has 0 unspecified atom stereocenters. The quantitative estimate of drug-likeness (QED) is 0.884. The molecular formula is C21H25NO2. The van der Waals surface area contributed by atoms with E-state index in [1.165, 1.54) is 24.8 Å². The van der Waals surface area contributed by atoms with Gasteiger partial charge in [-0.25, -0.2) is 0 Å². The number of carbonyl (C=O) groups excluding carboxylic acids is 1. The van der Waals surface area contributed by atoms with Gasteiger partial charge in [0.15, 0.2) is 6.61 Å². The van der Waals surface area contributed by atoms with Crippen LogP contribution in [0.3, 0.4) is 0 Å². The Balaban J connectivity index is 1.50. The molecule has 1 aliphatic rings. The van der Waals surface area contributed by atoms with Crippen molar-refractivity contribution in [3.63, 3.8) is 0 Å². The average Bonchev–Trinajstić information content (AvgIpc) is 2.63. The van der Waals surface area contributed by atoms with Crippen molar-refractivity contribution in [1.29, 1.82) is 0 Å². The molecule has 0 aliphatic heterocycles. The number of amides is 1. The molecule has 1 N–H and O–H groups in total. The molecule has 0 bridgehead atoms. The van der Waals surface area contributed by atoms with Gasteiger partial charge in [-0.15, -0.1) is 0 Å². The Kier molecular flexibility index (Phi) is 5.52. The summed E-state index contributed by atoms with van der Waals surface area (Å²) in [4.78, 5) is 12.1. The smallest absolute Gasteiger partial charge is 0.258 e. The zero-order chi connectivity index (χ0) is 16.8. The number of carbonyl (C=O) groups is 1. The highest BCUT2D eigenvalue weighted by Gasteiger charge is 2.22. The summed E-state index contributed by atoms with van der Waals surface area (Å²) in [5, 5.41) is 3.11. The average molecular weight is 323 g/mol. The van der Waals surface area contributed by atoms with Gasteiger partial charge in [0.25, 0.3) is 5.91 Å². The van der Waals surface area contributed by atoms with Crippen molar-refractivity contribution in [2.24, 2.45) is 5.92 Å². The number of rotatable bonds is 5. The van der Waals surface area contributed by atoms with Crippen LogP contribution in [0.4, 0.5) is 0 Å². The minimum atomic E-state index is -0.0270. The van der Waals surface area contributed by atoms with Gasteiger partial charge in [0.2, 0.25) is 0 Å². The fourth-order valence-electron chi connectivity index (χ4n) is 3.30. The summed E-state index contributed by atoms with van der Waals surface area (Å²) in [6.45, 7) is 2.29. The van der Waals surface area contributed by atoms with E-state index in [0.29, 0.717) is 12.0 Å². The van der Waals surface area contributed by atoms with Gasteiger partial charge in [0.05, 0.1) is 0 Å². The van der Waals surface area contributed by atoms with E-state index >= 15 is 0 Å². The highest BCUT2D eigenvalue weighted by Crippen LogP contribution is 2.24. The van der Waals surface area contributed by atoms with Crippen molar-refractivity contribution in [2.45, 2.75) is 38.6 Å². The maximum atomic E-state index is 12.1. The van der Waals surface area contributed by atoms with E-state index in [9.17, 15) is 4.79 Å². The van der Waals surface area contributed by atoms with E-state index in [4.69, 9.17) is 4.74 Å². The Labute approximate surface area is 144 Å². The molecule has 0 saturated heterocycles. The second-order valence-electron chi connectivity index (χ2n) is 6.61. The first kappa shape index (κ1) is 16.6. The van der Waals surface area contributed by atoms with Crippen LogP contribution in [0.25, 0.3) is 11.1 Å². The summed E-state index contributed by atoms with van der Waals surface area (Å²) in [7, 11) is 0. The summed E-state index contributed by atoms with van der Waals surface area (Å²) in [5.41, 5.74) is 2.32. The van der Waals surface area contributed by atoms with Gasteiger partial charge < -0.3 is 10.1 Å². The van der Waals surface area contributed by atoms with E-state index in [-0.39, 0.29) is 12.5 Å². The van der Waals surface area contributed by atoms with Crippen LogP contribution in [-0.2, 0) is 4.79 Å². The second-order valence-corrected chi connectivity index (χ2v) is 6.61. The molecule has 2 aromatic carbocycles. The summed E-state index contributed by atoms with van der Waals surface area (Å²) >= 11 is 0. The van der Waals surface area contributed by atoms with Gasteiger partial charge in [0, 0.05) is 6.04 Å². The Morgan fingerprint density at radius 2 is 1.67 bits per heavy atom. The largest absolute Gasteiger partial charge is 0.484 e. The lowest BCUT2D eigenvalue weighted by Crippen LogP contribution is -2.43. The summed E-state index contributed by atoms with van der Waals surface area (Å²) in [6.07, 6.45) is 4.76. The molecule has 1 saturated carbocycles. The maximum Gasteiger partial charge on any atom is 0.258 e. The van der Waals surface area contributed by atoms with Crippen molar-refractivity contribution in [2.75, 3.05) is 6.61 Å². The van der Waals surface area contributed by atoms with Crippen LogP contribution in [0, 0.1) is 5.92 Å². The summed E-state index contributed by atoms with van der Waals surface area (Å²) in [5.74, 6) is 1.26. The van der Waals surface area contributed by atoms with Crippen LogP contribution in [0.1, 0.15) is 32.6 Å². The highest BCUT2D eigenvalue weighted by molar-refractivity contribution is 5.78. The van der Waals surface area contributed by atoms with E-state index in [2.05, 4.69) is 24.4 Å². The number of hydrogen-bond acceptors (Lipinski definition) is 2. The van der Waals surface area contributed by atoms with Crippen LogP contribution in [0.5, 0.6) is 5.75 Å². The first-order valence-corrected chi connectivity index (χ1v) is 8.80. The second kappa shape index (κ2) is 8.00. The molecule has 3 heteroatoms. The highest BCUT2D eigenvalue weighted by atomic mass is 16.5. The Morgan fingerprint density at radius 1 is 1.00 bits per heavy atom. The molecule has 24 heavy (non-hydrogen) atoms. The van der Waals surface area contributed by atoms with Gasteiger partial charge in [-0.2, -0.15) is 0 Å². The first-order chi connectivity index (χ1) is 11.7. The molecule has 2 atom stereocenters. The third kappa shape index (κ3) is 4.38. The SMILES string of the molecule is C[C@H]1CCCC[C@@H]1NC(=O)COc1ccc(-c2ccccc2)cc1.